The van der Waals surface area contributed by atoms with E-state index in [9.17, 15) is 0 Å². The van der Waals surface area contributed by atoms with Gasteiger partial charge in [-0.15, -0.1) is 23.2 Å². The maximum atomic E-state index is 7.35. The summed E-state index contributed by atoms with van der Waals surface area (Å²) >= 11 is 42.3. The molecule has 8 rings (SSSR count). The van der Waals surface area contributed by atoms with Crippen LogP contribution in [-0.2, 0) is 0 Å². The molecule has 2 nitrogen and oxygen atoms in total. The molecule has 4 saturated carbocycles. The van der Waals surface area contributed by atoms with Crippen LogP contribution in [0, 0.1) is 29.6 Å². The number of alkyl halides is 4. The Kier molecular flexibility index (Phi) is 4.81. The number of hydrogen-bond donors (Lipinski definition) is 0. The maximum absolute atomic E-state index is 7.35. The molecule has 2 aromatic carbocycles. The summed E-state index contributed by atoms with van der Waals surface area (Å²) < 4.78 is -1.51. The molecule has 1 aliphatic heterocycles. The molecular formula is C26H20Cl6N2. The van der Waals surface area contributed by atoms with Gasteiger partial charge in [0.25, 0.3) is 0 Å². The minimum absolute atomic E-state index is 0.0960. The average Bonchev–Trinajstić information content (AvgIpc) is 3.38. The van der Waals surface area contributed by atoms with Gasteiger partial charge in [-0.2, -0.15) is 5.10 Å². The van der Waals surface area contributed by atoms with Crippen molar-refractivity contribution in [2.75, 3.05) is 5.01 Å². The summed E-state index contributed by atoms with van der Waals surface area (Å²) in [6.07, 6.45) is 1.98. The average molecular weight is 573 g/mol. The van der Waals surface area contributed by atoms with Gasteiger partial charge in [-0.25, -0.2) is 0 Å². The van der Waals surface area contributed by atoms with Gasteiger partial charge in [0.2, 0.25) is 0 Å². The Hall–Kier alpha value is -0.610. The van der Waals surface area contributed by atoms with Crippen LogP contribution < -0.4 is 5.01 Å². The number of hydrogen-bond acceptors (Lipinski definition) is 2. The van der Waals surface area contributed by atoms with E-state index in [0.717, 1.165) is 29.8 Å². The Bertz CT molecular complexity index is 1250. The lowest BCUT2D eigenvalue weighted by atomic mass is 9.49. The van der Waals surface area contributed by atoms with Gasteiger partial charge in [0.15, 0.2) is 4.33 Å². The molecule has 0 aromatic heterocycles. The second-order valence-electron chi connectivity index (χ2n) is 10.1. The van der Waals surface area contributed by atoms with Gasteiger partial charge in [0.05, 0.1) is 27.5 Å². The van der Waals surface area contributed by atoms with E-state index in [2.05, 4.69) is 41.4 Å². The summed E-state index contributed by atoms with van der Waals surface area (Å²) in [5.74, 6) is 0.277. The molecule has 8 atom stereocenters. The number of rotatable bonds is 2. The predicted octanol–water partition coefficient (Wildman–Crippen LogP) is 8.01. The fraction of sp³-hybridized carbons (Fsp3) is 0.423. The van der Waals surface area contributed by atoms with E-state index in [-0.39, 0.29) is 35.6 Å². The van der Waals surface area contributed by atoms with E-state index in [1.165, 1.54) is 0 Å². The van der Waals surface area contributed by atoms with Crippen molar-refractivity contribution in [1.82, 2.24) is 0 Å². The topological polar surface area (TPSA) is 15.6 Å². The molecule has 4 fully saturated rings. The number of benzene rings is 2. The number of allylic oxidation sites excluding steroid dienone is 2. The molecule has 0 spiro atoms. The first-order chi connectivity index (χ1) is 16.2. The molecule has 4 bridgehead atoms. The van der Waals surface area contributed by atoms with Gasteiger partial charge in [0, 0.05) is 5.92 Å². The number of fused-ring (bicyclic) bond motifs is 3. The quantitative estimate of drug-likeness (QED) is 0.333. The summed E-state index contributed by atoms with van der Waals surface area (Å²) in [5.41, 5.74) is 3.26. The lowest BCUT2D eigenvalue weighted by molar-refractivity contribution is -0.0131. The summed E-state index contributed by atoms with van der Waals surface area (Å²) in [6, 6.07) is 20.8. The van der Waals surface area contributed by atoms with Crippen molar-refractivity contribution in [3.8, 4) is 0 Å². The van der Waals surface area contributed by atoms with Crippen LogP contribution in [0.3, 0.4) is 0 Å². The largest absolute Gasteiger partial charge is 0.261 e. The summed E-state index contributed by atoms with van der Waals surface area (Å²) in [7, 11) is 0. The highest BCUT2D eigenvalue weighted by Gasteiger charge is 2.86. The zero-order chi connectivity index (χ0) is 23.6. The van der Waals surface area contributed by atoms with Gasteiger partial charge in [-0.05, 0) is 54.2 Å². The predicted molar refractivity (Wildman–Crippen MR) is 143 cm³/mol. The fourth-order valence-corrected chi connectivity index (χ4v) is 11.0. The second kappa shape index (κ2) is 7.24. The minimum Gasteiger partial charge on any atom is -0.261 e. The lowest BCUT2D eigenvalue weighted by Gasteiger charge is -2.59. The smallest absolute Gasteiger partial charge is 0.166 e. The van der Waals surface area contributed by atoms with E-state index in [1.807, 2.05) is 24.3 Å². The van der Waals surface area contributed by atoms with Crippen LogP contribution in [0.25, 0.3) is 0 Å². The van der Waals surface area contributed by atoms with Crippen molar-refractivity contribution in [3.05, 3.63) is 76.3 Å². The third kappa shape index (κ3) is 2.38. The van der Waals surface area contributed by atoms with Crippen molar-refractivity contribution >= 4 is 81.0 Å². The van der Waals surface area contributed by atoms with Crippen LogP contribution in [-0.4, -0.2) is 25.8 Å². The van der Waals surface area contributed by atoms with Crippen molar-refractivity contribution in [2.45, 2.75) is 33.0 Å². The SMILES string of the molecule is ClC1=C(Cl)[C@@]2(Cl)C3C([C@H]4CC[C@@H]3[C@@H]3C(c5ccccc5)=NN(c5ccccc5)[C@@H]34)C1(Cl)C2(Cl)Cl. The van der Waals surface area contributed by atoms with Crippen molar-refractivity contribution < 1.29 is 0 Å². The molecule has 5 aliphatic carbocycles. The van der Waals surface area contributed by atoms with Gasteiger partial charge >= 0.3 is 0 Å². The van der Waals surface area contributed by atoms with Crippen LogP contribution in [0.4, 0.5) is 5.69 Å². The van der Waals surface area contributed by atoms with Crippen LogP contribution in [0.2, 0.25) is 0 Å². The minimum atomic E-state index is -1.51. The van der Waals surface area contributed by atoms with Crippen LogP contribution >= 0.6 is 69.6 Å². The molecule has 0 saturated heterocycles. The van der Waals surface area contributed by atoms with Crippen LogP contribution in [0.1, 0.15) is 18.4 Å². The first-order valence-electron chi connectivity index (χ1n) is 11.5. The third-order valence-corrected chi connectivity index (χ3v) is 13.3. The molecule has 34 heavy (non-hydrogen) atoms. The standard InChI is InChI=1S/C26H20Cl6N2/c27-22-23(28)25(30)19-16-12-11-15(18(19)24(22,29)26(25,31)32)17-20(13-7-3-1-4-8-13)33-34(21(16)17)14-9-5-2-6-10-14/h1-10,15-19,21H,11-12H2/t15-,16-,17-,18?,19?,21-,24+,25?/m1/s1. The van der Waals surface area contributed by atoms with E-state index >= 15 is 0 Å². The number of anilines is 1. The Labute approximate surface area is 228 Å². The van der Waals surface area contributed by atoms with Crippen LogP contribution in [0.15, 0.2) is 75.8 Å². The van der Waals surface area contributed by atoms with Crippen LogP contribution in [0.5, 0.6) is 0 Å². The number of nitrogens with zero attached hydrogens (tertiary/aromatic N) is 2. The Morgan fingerprint density at radius 1 is 0.735 bits per heavy atom. The van der Waals surface area contributed by atoms with E-state index in [0.29, 0.717) is 10.1 Å². The molecule has 2 aromatic rings. The first-order valence-corrected chi connectivity index (χ1v) is 13.8. The van der Waals surface area contributed by atoms with Crippen molar-refractivity contribution in [1.29, 1.82) is 0 Å². The summed E-state index contributed by atoms with van der Waals surface area (Å²) in [5, 5.41) is 8.04. The normalized spacial score (nSPS) is 43.2. The molecule has 0 amide bonds. The fourth-order valence-electron chi connectivity index (χ4n) is 7.86. The maximum Gasteiger partial charge on any atom is 0.166 e. The molecule has 1 heterocycles. The molecular weight excluding hydrogens is 553 g/mol. The van der Waals surface area contributed by atoms with E-state index in [1.54, 1.807) is 0 Å². The molecule has 0 N–H and O–H groups in total. The summed E-state index contributed by atoms with van der Waals surface area (Å²) in [6.45, 7) is 0. The zero-order valence-corrected chi connectivity index (χ0v) is 22.3. The van der Waals surface area contributed by atoms with Gasteiger partial charge < -0.3 is 0 Å². The highest BCUT2D eigenvalue weighted by atomic mass is 35.5. The monoisotopic (exact) mass is 570 g/mol. The first kappa shape index (κ1) is 22.6. The lowest BCUT2D eigenvalue weighted by Crippen LogP contribution is -2.62. The number of para-hydroxylation sites is 1. The van der Waals surface area contributed by atoms with Gasteiger partial charge in [-0.3, -0.25) is 5.01 Å². The Balaban J connectivity index is 1.44. The third-order valence-electron chi connectivity index (χ3n) is 8.98. The molecule has 176 valence electrons. The highest BCUT2D eigenvalue weighted by Crippen LogP contribution is 2.82. The number of hydrazone groups is 1. The Morgan fingerprint density at radius 3 is 1.88 bits per heavy atom. The van der Waals surface area contributed by atoms with E-state index in [4.69, 9.17) is 74.7 Å². The Morgan fingerprint density at radius 2 is 1.26 bits per heavy atom. The van der Waals surface area contributed by atoms with E-state index < -0.39 is 14.1 Å². The molecule has 8 heteroatoms. The second-order valence-corrected chi connectivity index (χ2v) is 13.4. The van der Waals surface area contributed by atoms with Gasteiger partial charge in [-0.1, -0.05) is 94.9 Å². The summed E-state index contributed by atoms with van der Waals surface area (Å²) in [4.78, 5) is -2.45. The zero-order valence-electron chi connectivity index (χ0n) is 17.8. The molecule has 6 aliphatic rings. The van der Waals surface area contributed by atoms with Crippen molar-refractivity contribution in [2.24, 2.45) is 34.7 Å². The highest BCUT2D eigenvalue weighted by molar-refractivity contribution is 6.65. The molecule has 0 radical (unpaired) electrons. The number of halogens is 6. The van der Waals surface area contributed by atoms with Gasteiger partial charge in [0.1, 0.15) is 9.75 Å². The molecule has 3 unspecified atom stereocenters. The van der Waals surface area contributed by atoms with Crippen molar-refractivity contribution in [3.63, 3.8) is 0 Å².